The largest absolute Gasteiger partial charge is 0.361 e. The molecule has 0 atom stereocenters. The molecule has 0 aliphatic carbocycles. The highest BCUT2D eigenvalue weighted by atomic mass is 16.5. The van der Waals surface area contributed by atoms with Crippen molar-refractivity contribution in [3.8, 4) is 0 Å². The van der Waals surface area contributed by atoms with E-state index in [1.165, 1.54) is 0 Å². The van der Waals surface area contributed by atoms with Gasteiger partial charge in [0.1, 0.15) is 5.76 Å². The molecule has 3 rings (SSSR count). The summed E-state index contributed by atoms with van der Waals surface area (Å²) in [5.74, 6) is 1.84. The van der Waals surface area contributed by atoms with Crippen LogP contribution in [0.15, 0.2) is 39.8 Å². The number of aromatic nitrogens is 1. The number of hydrogen-bond acceptors (Lipinski definition) is 5. The normalized spacial score (nSPS) is 15.2. The monoisotopic (exact) mass is 426 g/mol. The maximum Gasteiger partial charge on any atom is 0.253 e. The molecule has 1 fully saturated rings. The number of carbonyl (C=O) groups excluding carboxylic acids is 1. The van der Waals surface area contributed by atoms with Crippen molar-refractivity contribution in [3.63, 3.8) is 0 Å². The van der Waals surface area contributed by atoms with Crippen LogP contribution in [0.2, 0.25) is 0 Å². The lowest BCUT2D eigenvalue weighted by molar-refractivity contribution is 0.0827. The number of amides is 1. The predicted octanol–water partition coefficient (Wildman–Crippen LogP) is 2.01. The number of rotatable bonds is 7. The first-order valence-electron chi connectivity index (χ1n) is 10.9. The van der Waals surface area contributed by atoms with E-state index in [1.54, 1.807) is 19.0 Å². The molecule has 168 valence electrons. The van der Waals surface area contributed by atoms with Gasteiger partial charge >= 0.3 is 0 Å². The molecular weight excluding hydrogens is 392 g/mol. The molecule has 1 aliphatic heterocycles. The Morgan fingerprint density at radius 3 is 2.65 bits per heavy atom. The number of carbonyl (C=O) groups is 1. The maximum absolute atomic E-state index is 12.2. The Morgan fingerprint density at radius 1 is 1.23 bits per heavy atom. The van der Waals surface area contributed by atoms with E-state index in [4.69, 9.17) is 9.52 Å². The van der Waals surface area contributed by atoms with E-state index in [9.17, 15) is 4.79 Å². The van der Waals surface area contributed by atoms with Crippen LogP contribution >= 0.6 is 0 Å². The molecular formula is C23H34N6O2. The molecule has 0 radical (unpaired) electrons. The quantitative estimate of drug-likeness (QED) is 0.539. The topological polar surface area (TPSA) is 77.2 Å². The second-order valence-corrected chi connectivity index (χ2v) is 8.08. The van der Waals surface area contributed by atoms with E-state index in [-0.39, 0.29) is 5.91 Å². The number of nitrogens with zero attached hydrogens (tertiary/aromatic N) is 5. The van der Waals surface area contributed by atoms with Crippen LogP contribution in [-0.4, -0.2) is 85.1 Å². The number of nitrogens with one attached hydrogen (secondary N) is 1. The van der Waals surface area contributed by atoms with Gasteiger partial charge in [0.05, 0.1) is 5.69 Å². The fraction of sp³-hybridized carbons (Fsp3) is 0.522. The van der Waals surface area contributed by atoms with Gasteiger partial charge in [-0.1, -0.05) is 17.3 Å². The first kappa shape index (κ1) is 22.8. The smallest absolute Gasteiger partial charge is 0.253 e. The van der Waals surface area contributed by atoms with Gasteiger partial charge in [0.25, 0.3) is 5.91 Å². The van der Waals surface area contributed by atoms with E-state index in [2.05, 4.69) is 33.3 Å². The zero-order valence-electron chi connectivity index (χ0n) is 19.1. The van der Waals surface area contributed by atoms with Crippen molar-refractivity contribution in [1.29, 1.82) is 0 Å². The minimum atomic E-state index is 0.0253. The van der Waals surface area contributed by atoms with E-state index in [0.717, 1.165) is 74.2 Å². The molecule has 1 aromatic carbocycles. The lowest BCUT2D eigenvalue weighted by atomic mass is 10.1. The Hall–Kier alpha value is -2.87. The van der Waals surface area contributed by atoms with Gasteiger partial charge in [0.2, 0.25) is 0 Å². The summed E-state index contributed by atoms with van der Waals surface area (Å²) in [5, 5.41) is 7.52. The highest BCUT2D eigenvalue weighted by Crippen LogP contribution is 2.11. The summed E-state index contributed by atoms with van der Waals surface area (Å²) in [6, 6.07) is 9.82. The Bertz CT molecular complexity index is 884. The Morgan fingerprint density at radius 2 is 2.00 bits per heavy atom. The molecule has 1 aliphatic rings. The average molecular weight is 427 g/mol. The third-order valence-electron chi connectivity index (χ3n) is 5.31. The third-order valence-corrected chi connectivity index (χ3v) is 5.31. The number of benzene rings is 1. The van der Waals surface area contributed by atoms with Gasteiger partial charge in [0, 0.05) is 71.5 Å². The highest BCUT2D eigenvalue weighted by molar-refractivity contribution is 5.94. The summed E-state index contributed by atoms with van der Waals surface area (Å²) in [6.07, 6.45) is 0.801. The van der Waals surface area contributed by atoms with Crippen molar-refractivity contribution in [2.24, 2.45) is 4.99 Å². The first-order valence-corrected chi connectivity index (χ1v) is 10.9. The molecule has 1 amide bonds. The second kappa shape index (κ2) is 10.9. The number of piperazine rings is 1. The molecule has 0 saturated carbocycles. The van der Waals surface area contributed by atoms with E-state index >= 15 is 0 Å². The molecule has 0 bridgehead atoms. The summed E-state index contributed by atoms with van der Waals surface area (Å²) >= 11 is 0. The van der Waals surface area contributed by atoms with Crippen molar-refractivity contribution in [2.75, 3.05) is 53.4 Å². The van der Waals surface area contributed by atoms with Gasteiger partial charge in [-0.3, -0.25) is 14.7 Å². The number of aryl methyl sites for hydroxylation is 1. The lowest BCUT2D eigenvalue weighted by Crippen LogP contribution is -2.52. The van der Waals surface area contributed by atoms with E-state index < -0.39 is 0 Å². The fourth-order valence-corrected chi connectivity index (χ4v) is 3.67. The Balaban J connectivity index is 1.53. The lowest BCUT2D eigenvalue weighted by Gasteiger charge is -2.36. The Kier molecular flexibility index (Phi) is 8.06. The van der Waals surface area contributed by atoms with Gasteiger partial charge in [0.15, 0.2) is 5.96 Å². The minimum Gasteiger partial charge on any atom is -0.361 e. The number of aliphatic imine (C=N–C) groups is 1. The SMILES string of the molecule is CCNC(=NCCc1cccc(C(=O)N(C)C)c1)N1CCN(Cc2cc(C)on2)CC1. The van der Waals surface area contributed by atoms with Crippen LogP contribution in [0, 0.1) is 6.92 Å². The molecule has 1 aromatic heterocycles. The molecule has 0 unspecified atom stereocenters. The minimum absolute atomic E-state index is 0.0253. The van der Waals surface area contributed by atoms with Crippen LogP contribution < -0.4 is 5.32 Å². The van der Waals surface area contributed by atoms with Gasteiger partial charge in [-0.2, -0.15) is 0 Å². The number of hydrogen-bond donors (Lipinski definition) is 1. The highest BCUT2D eigenvalue weighted by Gasteiger charge is 2.20. The second-order valence-electron chi connectivity index (χ2n) is 8.08. The predicted molar refractivity (Wildman–Crippen MR) is 122 cm³/mol. The van der Waals surface area contributed by atoms with E-state index in [0.29, 0.717) is 6.54 Å². The summed E-state index contributed by atoms with van der Waals surface area (Å²) in [4.78, 5) is 23.3. The molecule has 1 saturated heterocycles. The zero-order chi connectivity index (χ0) is 22.2. The van der Waals surface area contributed by atoms with Crippen LogP contribution in [0.4, 0.5) is 0 Å². The van der Waals surface area contributed by atoms with Gasteiger partial charge in [-0.25, -0.2) is 0 Å². The Labute approximate surface area is 184 Å². The van der Waals surface area contributed by atoms with Crippen molar-refractivity contribution in [1.82, 2.24) is 25.2 Å². The van der Waals surface area contributed by atoms with Crippen LogP contribution in [0.1, 0.15) is 34.3 Å². The molecule has 0 spiro atoms. The van der Waals surface area contributed by atoms with E-state index in [1.807, 2.05) is 31.2 Å². The molecule has 31 heavy (non-hydrogen) atoms. The summed E-state index contributed by atoms with van der Waals surface area (Å²) in [6.45, 7) is 10.1. The molecule has 2 heterocycles. The molecule has 2 aromatic rings. The van der Waals surface area contributed by atoms with Crippen molar-refractivity contribution < 1.29 is 9.32 Å². The van der Waals surface area contributed by atoms with Crippen LogP contribution in [-0.2, 0) is 13.0 Å². The number of guanidine groups is 1. The van der Waals surface area contributed by atoms with Crippen molar-refractivity contribution in [3.05, 3.63) is 52.9 Å². The first-order chi connectivity index (χ1) is 15.0. The molecule has 8 nitrogen and oxygen atoms in total. The zero-order valence-corrected chi connectivity index (χ0v) is 19.1. The van der Waals surface area contributed by atoms with Gasteiger partial charge in [-0.05, 0) is 38.0 Å². The van der Waals surface area contributed by atoms with Crippen molar-refractivity contribution >= 4 is 11.9 Å². The van der Waals surface area contributed by atoms with Crippen LogP contribution in [0.5, 0.6) is 0 Å². The molecule has 1 N–H and O–H groups in total. The third kappa shape index (κ3) is 6.55. The van der Waals surface area contributed by atoms with Crippen molar-refractivity contribution in [2.45, 2.75) is 26.8 Å². The summed E-state index contributed by atoms with van der Waals surface area (Å²) < 4.78 is 5.17. The van der Waals surface area contributed by atoms with Crippen LogP contribution in [0.3, 0.4) is 0 Å². The van der Waals surface area contributed by atoms with Crippen LogP contribution in [0.25, 0.3) is 0 Å². The fourth-order valence-electron chi connectivity index (χ4n) is 3.67. The standard InChI is InChI=1S/C23H34N6O2/c1-5-24-23(25-10-9-19-7-6-8-20(16-19)22(30)27(3)4)29-13-11-28(12-14-29)17-21-15-18(2)31-26-21/h6-8,15-16H,5,9-14,17H2,1-4H3,(H,24,25). The summed E-state index contributed by atoms with van der Waals surface area (Å²) in [7, 11) is 3.54. The molecule has 8 heteroatoms. The van der Waals surface area contributed by atoms with Gasteiger partial charge < -0.3 is 19.6 Å². The summed E-state index contributed by atoms with van der Waals surface area (Å²) in [5.41, 5.74) is 2.83. The maximum atomic E-state index is 12.2. The average Bonchev–Trinajstić information content (AvgIpc) is 3.18. The van der Waals surface area contributed by atoms with Gasteiger partial charge in [-0.15, -0.1) is 0 Å².